The molecule has 0 radical (unpaired) electrons. The number of halogens is 2. The van der Waals surface area contributed by atoms with Crippen LogP contribution in [-0.4, -0.2) is 12.1 Å². The second kappa shape index (κ2) is 5.06. The van der Waals surface area contributed by atoms with E-state index in [2.05, 4.69) is 26.6 Å². The van der Waals surface area contributed by atoms with Gasteiger partial charge in [-0.25, -0.2) is 4.79 Å². The second-order valence-corrected chi connectivity index (χ2v) is 5.03. The van der Waals surface area contributed by atoms with Crippen molar-refractivity contribution >= 4 is 39.2 Å². The molecule has 0 spiro atoms. The van der Waals surface area contributed by atoms with Crippen LogP contribution in [0.4, 0.5) is 10.5 Å². The van der Waals surface area contributed by atoms with Gasteiger partial charge in [0.2, 0.25) is 0 Å². The summed E-state index contributed by atoms with van der Waals surface area (Å²) in [5, 5.41) is 6.25. The molecule has 1 aliphatic carbocycles. The minimum Gasteiger partial charge on any atom is -0.335 e. The molecular formula is C11H12BrClN2O. The summed E-state index contributed by atoms with van der Waals surface area (Å²) in [6, 6.07) is 5.52. The quantitative estimate of drug-likeness (QED) is 0.858. The Balaban J connectivity index is 1.97. The Morgan fingerprint density at radius 3 is 2.81 bits per heavy atom. The topological polar surface area (TPSA) is 41.1 Å². The smallest absolute Gasteiger partial charge is 0.319 e. The lowest BCUT2D eigenvalue weighted by Gasteiger charge is -2.26. The predicted octanol–water partition coefficient (Wildman–Crippen LogP) is 3.78. The van der Waals surface area contributed by atoms with E-state index in [9.17, 15) is 4.79 Å². The number of urea groups is 1. The van der Waals surface area contributed by atoms with Crippen molar-refractivity contribution < 1.29 is 4.79 Å². The Morgan fingerprint density at radius 1 is 1.44 bits per heavy atom. The summed E-state index contributed by atoms with van der Waals surface area (Å²) in [7, 11) is 0. The van der Waals surface area contributed by atoms with Crippen LogP contribution in [0.2, 0.25) is 5.02 Å². The molecule has 1 aromatic rings. The summed E-state index contributed by atoms with van der Waals surface area (Å²) in [5.74, 6) is 0. The lowest BCUT2D eigenvalue weighted by Crippen LogP contribution is -2.41. The fraction of sp³-hybridized carbons (Fsp3) is 0.364. The SMILES string of the molecule is O=C(Nc1cccc(Cl)c1Br)NC1CCC1. The standard InChI is InChI=1S/C11H12BrClN2O/c12-10-8(13)5-2-6-9(10)15-11(16)14-7-3-1-4-7/h2,5-7H,1,3-4H2,(H2,14,15,16). The zero-order valence-electron chi connectivity index (χ0n) is 8.59. The summed E-state index contributed by atoms with van der Waals surface area (Å²) in [5.41, 5.74) is 0.685. The predicted molar refractivity (Wildman–Crippen MR) is 68.9 cm³/mol. The Morgan fingerprint density at radius 2 is 2.19 bits per heavy atom. The molecule has 1 aromatic carbocycles. The van der Waals surface area contributed by atoms with E-state index < -0.39 is 0 Å². The molecule has 0 heterocycles. The van der Waals surface area contributed by atoms with Gasteiger partial charge in [0.15, 0.2) is 0 Å². The van der Waals surface area contributed by atoms with Crippen molar-refractivity contribution in [2.24, 2.45) is 0 Å². The summed E-state index contributed by atoms with van der Waals surface area (Å²) in [4.78, 5) is 11.6. The molecule has 0 saturated heterocycles. The summed E-state index contributed by atoms with van der Waals surface area (Å²) < 4.78 is 0.709. The van der Waals surface area contributed by atoms with E-state index in [1.54, 1.807) is 18.2 Å². The highest BCUT2D eigenvalue weighted by Gasteiger charge is 2.19. The van der Waals surface area contributed by atoms with Gasteiger partial charge in [0, 0.05) is 6.04 Å². The van der Waals surface area contributed by atoms with Crippen LogP contribution >= 0.6 is 27.5 Å². The number of amides is 2. The average molecular weight is 304 g/mol. The zero-order valence-corrected chi connectivity index (χ0v) is 10.9. The number of anilines is 1. The molecule has 5 heteroatoms. The maximum absolute atomic E-state index is 11.6. The molecule has 1 saturated carbocycles. The molecular weight excluding hydrogens is 291 g/mol. The monoisotopic (exact) mass is 302 g/mol. The Hall–Kier alpha value is -0.740. The van der Waals surface area contributed by atoms with Gasteiger partial charge in [0.1, 0.15) is 0 Å². The van der Waals surface area contributed by atoms with Gasteiger partial charge >= 0.3 is 6.03 Å². The maximum atomic E-state index is 11.6. The number of nitrogens with one attached hydrogen (secondary N) is 2. The molecule has 2 amide bonds. The number of carbonyl (C=O) groups excluding carboxylic acids is 1. The van der Waals surface area contributed by atoms with E-state index in [4.69, 9.17) is 11.6 Å². The molecule has 0 unspecified atom stereocenters. The average Bonchev–Trinajstić information content (AvgIpc) is 2.19. The molecule has 86 valence electrons. The molecule has 0 aromatic heterocycles. The van der Waals surface area contributed by atoms with Crippen LogP contribution < -0.4 is 10.6 Å². The fourth-order valence-corrected chi connectivity index (χ4v) is 2.03. The zero-order chi connectivity index (χ0) is 11.5. The van der Waals surface area contributed by atoms with Crippen LogP contribution in [0.3, 0.4) is 0 Å². The summed E-state index contributed by atoms with van der Waals surface area (Å²) in [6.45, 7) is 0. The van der Waals surface area contributed by atoms with Crippen LogP contribution in [0.15, 0.2) is 22.7 Å². The molecule has 1 aliphatic rings. The lowest BCUT2D eigenvalue weighted by molar-refractivity contribution is 0.240. The van der Waals surface area contributed by atoms with Gasteiger partial charge in [-0.1, -0.05) is 17.7 Å². The van der Waals surface area contributed by atoms with Crippen molar-refractivity contribution in [1.82, 2.24) is 5.32 Å². The van der Waals surface area contributed by atoms with Crippen molar-refractivity contribution in [1.29, 1.82) is 0 Å². The normalized spacial score (nSPS) is 15.4. The van der Waals surface area contributed by atoms with Crippen LogP contribution in [0.5, 0.6) is 0 Å². The Labute approximate surface area is 108 Å². The third-order valence-corrected chi connectivity index (χ3v) is 4.04. The molecule has 16 heavy (non-hydrogen) atoms. The van der Waals surface area contributed by atoms with Gasteiger partial charge < -0.3 is 10.6 Å². The number of benzene rings is 1. The van der Waals surface area contributed by atoms with E-state index in [0.717, 1.165) is 12.8 Å². The maximum Gasteiger partial charge on any atom is 0.319 e. The van der Waals surface area contributed by atoms with Gasteiger partial charge in [-0.3, -0.25) is 0 Å². The van der Waals surface area contributed by atoms with Crippen LogP contribution in [-0.2, 0) is 0 Å². The third kappa shape index (κ3) is 2.68. The molecule has 2 N–H and O–H groups in total. The van der Waals surface area contributed by atoms with E-state index in [0.29, 0.717) is 21.2 Å². The third-order valence-electron chi connectivity index (χ3n) is 2.64. The molecule has 3 nitrogen and oxygen atoms in total. The van der Waals surface area contributed by atoms with Crippen molar-refractivity contribution in [3.05, 3.63) is 27.7 Å². The van der Waals surface area contributed by atoms with Gasteiger partial charge in [-0.15, -0.1) is 0 Å². The number of carbonyl (C=O) groups is 1. The van der Waals surface area contributed by atoms with Crippen molar-refractivity contribution in [2.45, 2.75) is 25.3 Å². The summed E-state index contributed by atoms with van der Waals surface area (Å²) >= 11 is 9.25. The molecule has 0 aliphatic heterocycles. The molecule has 0 atom stereocenters. The first-order valence-electron chi connectivity index (χ1n) is 5.18. The Kier molecular flexibility index (Phi) is 3.71. The lowest BCUT2D eigenvalue weighted by atomic mass is 9.93. The fourth-order valence-electron chi connectivity index (χ4n) is 1.50. The molecule has 1 fully saturated rings. The molecule has 0 bridgehead atoms. The van der Waals surface area contributed by atoms with Crippen molar-refractivity contribution in [2.75, 3.05) is 5.32 Å². The highest BCUT2D eigenvalue weighted by Crippen LogP contribution is 2.30. The largest absolute Gasteiger partial charge is 0.335 e. The van der Waals surface area contributed by atoms with Gasteiger partial charge in [-0.05, 0) is 47.3 Å². The first kappa shape index (κ1) is 11.7. The minimum atomic E-state index is -0.173. The van der Waals surface area contributed by atoms with Crippen LogP contribution in [0, 0.1) is 0 Å². The van der Waals surface area contributed by atoms with Gasteiger partial charge in [-0.2, -0.15) is 0 Å². The van der Waals surface area contributed by atoms with Gasteiger partial charge in [0.05, 0.1) is 15.2 Å². The second-order valence-electron chi connectivity index (χ2n) is 3.83. The number of hydrogen-bond acceptors (Lipinski definition) is 1. The summed E-state index contributed by atoms with van der Waals surface area (Å²) in [6.07, 6.45) is 3.35. The number of rotatable bonds is 2. The minimum absolute atomic E-state index is 0.173. The highest BCUT2D eigenvalue weighted by molar-refractivity contribution is 9.10. The first-order chi connectivity index (χ1) is 7.66. The molecule has 2 rings (SSSR count). The first-order valence-corrected chi connectivity index (χ1v) is 6.35. The van der Waals surface area contributed by atoms with E-state index >= 15 is 0 Å². The van der Waals surface area contributed by atoms with Crippen LogP contribution in [0.1, 0.15) is 19.3 Å². The van der Waals surface area contributed by atoms with Crippen molar-refractivity contribution in [3.8, 4) is 0 Å². The van der Waals surface area contributed by atoms with Crippen molar-refractivity contribution in [3.63, 3.8) is 0 Å². The van der Waals surface area contributed by atoms with E-state index in [1.807, 2.05) is 0 Å². The van der Waals surface area contributed by atoms with Gasteiger partial charge in [0.25, 0.3) is 0 Å². The number of hydrogen-bond donors (Lipinski definition) is 2. The Bertz CT molecular complexity index is 407. The highest BCUT2D eigenvalue weighted by atomic mass is 79.9. The van der Waals surface area contributed by atoms with Crippen LogP contribution in [0.25, 0.3) is 0 Å². The van der Waals surface area contributed by atoms with E-state index in [1.165, 1.54) is 6.42 Å². The van der Waals surface area contributed by atoms with E-state index in [-0.39, 0.29) is 6.03 Å².